The van der Waals surface area contributed by atoms with Crippen LogP contribution in [0.2, 0.25) is 0 Å². The molecule has 0 fully saturated rings. The second-order valence-electron chi connectivity index (χ2n) is 3.78. The average Bonchev–Trinajstić information content (AvgIpc) is 2.26. The van der Waals surface area contributed by atoms with Gasteiger partial charge in [0, 0.05) is 0 Å². The number of ether oxygens (including phenoxy) is 1. The van der Waals surface area contributed by atoms with Crippen LogP contribution < -0.4 is 16.0 Å². The molecule has 5 heteroatoms. The smallest absolute Gasteiger partial charge is 0.295 e. The number of aromatic nitrogens is 2. The Labute approximate surface area is 98.3 Å². The number of nitrogens with zero attached hydrogens (tertiary/aromatic N) is 1. The Morgan fingerprint density at radius 3 is 2.47 bits per heavy atom. The van der Waals surface area contributed by atoms with Crippen LogP contribution in [0.25, 0.3) is 0 Å². The van der Waals surface area contributed by atoms with Crippen molar-refractivity contribution in [1.29, 1.82) is 0 Å². The predicted octanol–water partition coefficient (Wildman–Crippen LogP) is 1.76. The number of hydrogen-bond acceptors (Lipinski definition) is 4. The molecule has 1 aromatic carbocycles. The Kier molecular flexibility index (Phi) is 2.82. The van der Waals surface area contributed by atoms with E-state index in [9.17, 15) is 4.79 Å². The van der Waals surface area contributed by atoms with Gasteiger partial charge in [0.2, 0.25) is 11.7 Å². The van der Waals surface area contributed by atoms with Gasteiger partial charge in [-0.2, -0.15) is 0 Å². The summed E-state index contributed by atoms with van der Waals surface area (Å²) >= 11 is 0. The van der Waals surface area contributed by atoms with Crippen LogP contribution in [0.5, 0.6) is 11.5 Å². The summed E-state index contributed by atoms with van der Waals surface area (Å²) in [6.45, 7) is 3.65. The summed E-state index contributed by atoms with van der Waals surface area (Å²) < 4.78 is 5.49. The van der Waals surface area contributed by atoms with Gasteiger partial charge in [0.05, 0.1) is 5.69 Å². The minimum atomic E-state index is -0.379. The quantitative estimate of drug-likeness (QED) is 0.825. The monoisotopic (exact) mass is 231 g/mol. The lowest BCUT2D eigenvalue weighted by atomic mass is 10.2. The van der Waals surface area contributed by atoms with E-state index in [1.807, 2.05) is 19.1 Å². The maximum atomic E-state index is 11.6. The topological polar surface area (TPSA) is 81.0 Å². The molecule has 5 nitrogen and oxygen atoms in total. The van der Waals surface area contributed by atoms with Crippen molar-refractivity contribution < 1.29 is 4.74 Å². The van der Waals surface area contributed by atoms with Crippen molar-refractivity contribution in [3.63, 3.8) is 0 Å². The van der Waals surface area contributed by atoms with E-state index < -0.39 is 0 Å². The summed E-state index contributed by atoms with van der Waals surface area (Å²) in [5.41, 5.74) is 6.63. The van der Waals surface area contributed by atoms with Crippen molar-refractivity contribution >= 4 is 5.95 Å². The SMILES string of the molecule is Cc1ccc(Oc2c(C)nc(N)[nH]c2=O)cc1. The number of aromatic amines is 1. The van der Waals surface area contributed by atoms with Crippen molar-refractivity contribution in [2.24, 2.45) is 0 Å². The van der Waals surface area contributed by atoms with Gasteiger partial charge in [0.1, 0.15) is 5.75 Å². The van der Waals surface area contributed by atoms with E-state index in [-0.39, 0.29) is 17.3 Å². The first-order valence-corrected chi connectivity index (χ1v) is 5.17. The van der Waals surface area contributed by atoms with E-state index in [2.05, 4.69) is 9.97 Å². The van der Waals surface area contributed by atoms with Gasteiger partial charge >= 0.3 is 0 Å². The maximum absolute atomic E-state index is 11.6. The summed E-state index contributed by atoms with van der Waals surface area (Å²) in [7, 11) is 0. The summed E-state index contributed by atoms with van der Waals surface area (Å²) in [6, 6.07) is 7.41. The highest BCUT2D eigenvalue weighted by molar-refractivity contribution is 5.35. The van der Waals surface area contributed by atoms with E-state index in [0.717, 1.165) is 5.56 Å². The number of aryl methyl sites for hydroxylation is 2. The van der Waals surface area contributed by atoms with Crippen molar-refractivity contribution in [3.8, 4) is 11.5 Å². The fourth-order valence-electron chi connectivity index (χ4n) is 1.44. The second kappa shape index (κ2) is 4.29. The molecule has 2 rings (SSSR count). The molecule has 0 radical (unpaired) electrons. The number of anilines is 1. The second-order valence-corrected chi connectivity index (χ2v) is 3.78. The standard InChI is InChI=1S/C12H13N3O2/c1-7-3-5-9(6-4-7)17-10-8(2)14-12(13)15-11(10)16/h3-6H,1-2H3,(H3,13,14,15,16). The van der Waals surface area contributed by atoms with Gasteiger partial charge in [-0.05, 0) is 26.0 Å². The van der Waals surface area contributed by atoms with E-state index in [4.69, 9.17) is 10.5 Å². The first kappa shape index (κ1) is 11.2. The van der Waals surface area contributed by atoms with Gasteiger partial charge in [0.15, 0.2) is 0 Å². The first-order valence-electron chi connectivity index (χ1n) is 5.17. The third-order valence-corrected chi connectivity index (χ3v) is 2.31. The van der Waals surface area contributed by atoms with Gasteiger partial charge in [-0.15, -0.1) is 0 Å². The largest absolute Gasteiger partial charge is 0.450 e. The van der Waals surface area contributed by atoms with Crippen LogP contribution >= 0.6 is 0 Å². The zero-order chi connectivity index (χ0) is 12.4. The van der Waals surface area contributed by atoms with Crippen LogP contribution in [0.4, 0.5) is 5.95 Å². The Morgan fingerprint density at radius 1 is 1.24 bits per heavy atom. The van der Waals surface area contributed by atoms with Gasteiger partial charge in [0.25, 0.3) is 5.56 Å². The molecule has 0 bridgehead atoms. The van der Waals surface area contributed by atoms with Crippen molar-refractivity contribution in [2.45, 2.75) is 13.8 Å². The van der Waals surface area contributed by atoms with E-state index in [1.165, 1.54) is 0 Å². The minimum absolute atomic E-state index is 0.0868. The zero-order valence-corrected chi connectivity index (χ0v) is 9.65. The summed E-state index contributed by atoms with van der Waals surface area (Å²) in [4.78, 5) is 18.0. The maximum Gasteiger partial charge on any atom is 0.295 e. The summed E-state index contributed by atoms with van der Waals surface area (Å²) in [5, 5.41) is 0. The highest BCUT2D eigenvalue weighted by Gasteiger charge is 2.09. The molecule has 1 heterocycles. The average molecular weight is 231 g/mol. The molecule has 2 aromatic rings. The highest BCUT2D eigenvalue weighted by atomic mass is 16.5. The van der Waals surface area contributed by atoms with Gasteiger partial charge < -0.3 is 10.5 Å². The lowest BCUT2D eigenvalue weighted by Gasteiger charge is -2.07. The molecule has 0 aliphatic carbocycles. The molecule has 0 atom stereocenters. The van der Waals surface area contributed by atoms with Crippen LogP contribution in [0.15, 0.2) is 29.1 Å². The molecule has 0 saturated carbocycles. The number of rotatable bonds is 2. The summed E-state index contributed by atoms with van der Waals surface area (Å²) in [6.07, 6.45) is 0. The number of H-pyrrole nitrogens is 1. The van der Waals surface area contributed by atoms with Gasteiger partial charge in [-0.3, -0.25) is 9.78 Å². The molecule has 88 valence electrons. The normalized spacial score (nSPS) is 10.2. The van der Waals surface area contributed by atoms with Crippen LogP contribution in [-0.2, 0) is 0 Å². The molecule has 1 aromatic heterocycles. The molecule has 0 unspecified atom stereocenters. The van der Waals surface area contributed by atoms with Crippen LogP contribution in [0, 0.1) is 13.8 Å². The molecule has 0 aliphatic heterocycles. The molecule has 0 aliphatic rings. The van der Waals surface area contributed by atoms with Crippen LogP contribution in [0.3, 0.4) is 0 Å². The molecular formula is C12H13N3O2. The third kappa shape index (κ3) is 2.44. The lowest BCUT2D eigenvalue weighted by molar-refractivity contribution is 0.467. The summed E-state index contributed by atoms with van der Waals surface area (Å²) in [5.74, 6) is 0.850. The predicted molar refractivity (Wildman–Crippen MR) is 65.3 cm³/mol. The van der Waals surface area contributed by atoms with E-state index >= 15 is 0 Å². The zero-order valence-electron chi connectivity index (χ0n) is 9.65. The van der Waals surface area contributed by atoms with Crippen molar-refractivity contribution in [2.75, 3.05) is 5.73 Å². The number of nitrogens with two attached hydrogens (primary N) is 1. The number of nitrogen functional groups attached to an aromatic ring is 1. The van der Waals surface area contributed by atoms with Crippen molar-refractivity contribution in [1.82, 2.24) is 9.97 Å². The fourth-order valence-corrected chi connectivity index (χ4v) is 1.44. The molecule has 0 saturated heterocycles. The first-order chi connectivity index (χ1) is 8.06. The molecular weight excluding hydrogens is 218 g/mol. The molecule has 0 spiro atoms. The number of benzene rings is 1. The van der Waals surface area contributed by atoms with Crippen LogP contribution in [0.1, 0.15) is 11.3 Å². The lowest BCUT2D eigenvalue weighted by Crippen LogP contribution is -2.14. The molecule has 0 amide bonds. The van der Waals surface area contributed by atoms with Gasteiger partial charge in [-0.25, -0.2) is 4.98 Å². The van der Waals surface area contributed by atoms with E-state index in [1.54, 1.807) is 19.1 Å². The third-order valence-electron chi connectivity index (χ3n) is 2.31. The molecule has 3 N–H and O–H groups in total. The number of hydrogen-bond donors (Lipinski definition) is 2. The minimum Gasteiger partial charge on any atom is -0.450 e. The van der Waals surface area contributed by atoms with Crippen molar-refractivity contribution in [3.05, 3.63) is 45.9 Å². The van der Waals surface area contributed by atoms with E-state index in [0.29, 0.717) is 11.4 Å². The number of nitrogens with one attached hydrogen (secondary N) is 1. The Balaban J connectivity index is 2.36. The Hall–Kier alpha value is -2.30. The highest BCUT2D eigenvalue weighted by Crippen LogP contribution is 2.20. The van der Waals surface area contributed by atoms with Crippen LogP contribution in [-0.4, -0.2) is 9.97 Å². The molecule has 17 heavy (non-hydrogen) atoms. The van der Waals surface area contributed by atoms with Gasteiger partial charge in [-0.1, -0.05) is 17.7 Å². The Bertz CT molecular complexity index is 588. The Morgan fingerprint density at radius 2 is 1.88 bits per heavy atom. The fraction of sp³-hybridized carbons (Fsp3) is 0.167.